The lowest BCUT2D eigenvalue weighted by molar-refractivity contribution is -0.115. The standard InChI is InChI=1S/C17H25NO2.C3H6O/c1-16(2,3)20-15(19)18-12-8-11-17(18,4)13-14-9-6-5-7-10-14;1-3(2)4/h5-7,9-10H,8,11-13H2,1-4H3;1-2H3. The molecule has 1 unspecified atom stereocenters. The van der Waals surface area contributed by atoms with Crippen LogP contribution in [0.2, 0.25) is 0 Å². The van der Waals surface area contributed by atoms with Gasteiger partial charge in [-0.25, -0.2) is 4.79 Å². The van der Waals surface area contributed by atoms with E-state index in [1.54, 1.807) is 0 Å². The van der Waals surface area contributed by atoms with Crippen LogP contribution < -0.4 is 0 Å². The van der Waals surface area contributed by atoms with E-state index in [0.29, 0.717) is 0 Å². The number of carbonyl (C=O) groups is 2. The van der Waals surface area contributed by atoms with Crippen molar-refractivity contribution in [1.29, 1.82) is 0 Å². The summed E-state index contributed by atoms with van der Waals surface area (Å²) in [6.45, 7) is 11.7. The molecule has 0 bridgehead atoms. The van der Waals surface area contributed by atoms with Gasteiger partial charge in [-0.05, 0) is 66.4 Å². The molecule has 0 radical (unpaired) electrons. The minimum absolute atomic E-state index is 0.135. The molecular formula is C20H31NO3. The van der Waals surface area contributed by atoms with Crippen molar-refractivity contribution < 1.29 is 14.3 Å². The van der Waals surface area contributed by atoms with Crippen LogP contribution in [0, 0.1) is 0 Å². The van der Waals surface area contributed by atoms with Gasteiger partial charge in [0.25, 0.3) is 0 Å². The van der Waals surface area contributed by atoms with Gasteiger partial charge in [0.15, 0.2) is 0 Å². The predicted octanol–water partition coefficient (Wildman–Crippen LogP) is 4.61. The average molecular weight is 333 g/mol. The summed E-state index contributed by atoms with van der Waals surface area (Å²) in [6, 6.07) is 10.4. The summed E-state index contributed by atoms with van der Waals surface area (Å²) in [5.74, 6) is 0.167. The van der Waals surface area contributed by atoms with Gasteiger partial charge in [-0.2, -0.15) is 0 Å². The number of Topliss-reactive ketones (excluding diaryl/α,β-unsaturated/α-hetero) is 1. The van der Waals surface area contributed by atoms with Gasteiger partial charge in [0, 0.05) is 12.1 Å². The summed E-state index contributed by atoms with van der Waals surface area (Å²) in [5, 5.41) is 0. The van der Waals surface area contributed by atoms with Crippen molar-refractivity contribution in [2.24, 2.45) is 0 Å². The van der Waals surface area contributed by atoms with Crippen LogP contribution in [0.15, 0.2) is 30.3 Å². The van der Waals surface area contributed by atoms with Crippen LogP contribution in [-0.4, -0.2) is 34.5 Å². The van der Waals surface area contributed by atoms with Crippen molar-refractivity contribution in [3.8, 4) is 0 Å². The largest absolute Gasteiger partial charge is 0.444 e. The molecule has 1 aliphatic rings. The third-order valence-corrected chi connectivity index (χ3v) is 3.79. The maximum absolute atomic E-state index is 12.4. The maximum atomic E-state index is 12.4. The van der Waals surface area contributed by atoms with Crippen molar-refractivity contribution in [2.75, 3.05) is 6.54 Å². The van der Waals surface area contributed by atoms with Crippen LogP contribution in [0.25, 0.3) is 0 Å². The summed E-state index contributed by atoms with van der Waals surface area (Å²) < 4.78 is 5.54. The Hall–Kier alpha value is -1.84. The quantitative estimate of drug-likeness (QED) is 0.794. The van der Waals surface area contributed by atoms with E-state index in [2.05, 4.69) is 19.1 Å². The molecule has 1 aliphatic heterocycles. The molecule has 1 heterocycles. The van der Waals surface area contributed by atoms with Crippen molar-refractivity contribution in [2.45, 2.75) is 71.9 Å². The summed E-state index contributed by atoms with van der Waals surface area (Å²) in [4.78, 5) is 23.7. The first-order chi connectivity index (χ1) is 11.0. The van der Waals surface area contributed by atoms with Crippen LogP contribution in [0.3, 0.4) is 0 Å². The lowest BCUT2D eigenvalue weighted by Gasteiger charge is -2.36. The van der Waals surface area contributed by atoms with Crippen LogP contribution in [0.5, 0.6) is 0 Å². The molecule has 1 saturated heterocycles. The fraction of sp³-hybridized carbons (Fsp3) is 0.600. The summed E-state index contributed by atoms with van der Waals surface area (Å²) in [5.41, 5.74) is 0.697. The van der Waals surface area contributed by atoms with Crippen molar-refractivity contribution in [3.63, 3.8) is 0 Å². The van der Waals surface area contributed by atoms with Gasteiger partial charge in [-0.15, -0.1) is 0 Å². The number of ether oxygens (including phenoxy) is 1. The number of hydrogen-bond donors (Lipinski definition) is 0. The number of ketones is 1. The third-order valence-electron chi connectivity index (χ3n) is 3.79. The Bertz CT molecular complexity index is 544. The van der Waals surface area contributed by atoms with E-state index in [4.69, 9.17) is 4.74 Å². The number of nitrogens with zero attached hydrogens (tertiary/aromatic N) is 1. The van der Waals surface area contributed by atoms with Crippen molar-refractivity contribution >= 4 is 11.9 Å². The first-order valence-electron chi connectivity index (χ1n) is 8.55. The van der Waals surface area contributed by atoms with Crippen LogP contribution >= 0.6 is 0 Å². The Morgan fingerprint density at radius 3 is 2.21 bits per heavy atom. The highest BCUT2D eigenvalue weighted by atomic mass is 16.6. The lowest BCUT2D eigenvalue weighted by Crippen LogP contribution is -2.48. The molecule has 0 aliphatic carbocycles. The molecule has 24 heavy (non-hydrogen) atoms. The monoisotopic (exact) mass is 333 g/mol. The number of amides is 1. The topological polar surface area (TPSA) is 46.6 Å². The molecule has 1 atom stereocenters. The fourth-order valence-corrected chi connectivity index (χ4v) is 2.87. The number of rotatable bonds is 2. The number of likely N-dealkylation sites (tertiary alicyclic amines) is 1. The minimum atomic E-state index is -0.437. The Morgan fingerprint density at radius 2 is 1.71 bits per heavy atom. The SMILES string of the molecule is CC(C)(C)OC(=O)N1CCCC1(C)Cc1ccccc1.CC(C)=O. The van der Waals surface area contributed by atoms with Gasteiger partial charge in [0.1, 0.15) is 11.4 Å². The Kier molecular flexibility index (Phi) is 7.00. The number of carbonyl (C=O) groups excluding carboxylic acids is 2. The fourth-order valence-electron chi connectivity index (χ4n) is 2.87. The van der Waals surface area contributed by atoms with Gasteiger partial charge in [-0.3, -0.25) is 0 Å². The van der Waals surface area contributed by atoms with Gasteiger partial charge in [0.2, 0.25) is 0 Å². The summed E-state index contributed by atoms with van der Waals surface area (Å²) >= 11 is 0. The second-order valence-corrected chi connectivity index (χ2v) is 7.80. The van der Waals surface area contributed by atoms with E-state index in [1.165, 1.54) is 19.4 Å². The van der Waals surface area contributed by atoms with E-state index < -0.39 is 5.60 Å². The van der Waals surface area contributed by atoms with E-state index in [-0.39, 0.29) is 17.4 Å². The molecule has 0 spiro atoms. The van der Waals surface area contributed by atoms with Gasteiger partial charge < -0.3 is 14.4 Å². The highest BCUT2D eigenvalue weighted by Gasteiger charge is 2.41. The molecule has 134 valence electrons. The van der Waals surface area contributed by atoms with Crippen LogP contribution in [-0.2, 0) is 16.0 Å². The Labute approximate surface area is 146 Å². The van der Waals surface area contributed by atoms with Gasteiger partial charge >= 0.3 is 6.09 Å². The first kappa shape index (κ1) is 20.2. The maximum Gasteiger partial charge on any atom is 0.410 e. The molecule has 0 saturated carbocycles. The lowest BCUT2D eigenvalue weighted by atomic mass is 9.90. The molecule has 4 heteroatoms. The average Bonchev–Trinajstić information content (AvgIpc) is 2.79. The number of hydrogen-bond acceptors (Lipinski definition) is 3. The summed E-state index contributed by atoms with van der Waals surface area (Å²) in [6.07, 6.45) is 2.77. The molecule has 1 aromatic rings. The highest BCUT2D eigenvalue weighted by molar-refractivity contribution is 5.72. The van der Waals surface area contributed by atoms with E-state index >= 15 is 0 Å². The Balaban J connectivity index is 0.000000648. The second kappa shape index (κ2) is 8.32. The number of benzene rings is 1. The van der Waals surface area contributed by atoms with Gasteiger partial charge in [0.05, 0.1) is 0 Å². The third kappa shape index (κ3) is 6.73. The normalized spacial score (nSPS) is 20.2. The van der Waals surface area contributed by atoms with E-state index in [0.717, 1.165) is 25.8 Å². The van der Waals surface area contributed by atoms with E-state index in [1.807, 2.05) is 43.9 Å². The Morgan fingerprint density at radius 1 is 1.17 bits per heavy atom. The molecule has 1 aromatic carbocycles. The molecule has 2 rings (SSSR count). The summed E-state index contributed by atoms with van der Waals surface area (Å²) in [7, 11) is 0. The second-order valence-electron chi connectivity index (χ2n) is 7.80. The molecule has 0 N–H and O–H groups in total. The smallest absolute Gasteiger partial charge is 0.410 e. The van der Waals surface area contributed by atoms with Crippen LogP contribution in [0.1, 0.15) is 59.9 Å². The van der Waals surface area contributed by atoms with Crippen molar-refractivity contribution in [3.05, 3.63) is 35.9 Å². The predicted molar refractivity (Wildman–Crippen MR) is 97.1 cm³/mol. The van der Waals surface area contributed by atoms with Crippen LogP contribution in [0.4, 0.5) is 4.79 Å². The van der Waals surface area contributed by atoms with E-state index in [9.17, 15) is 9.59 Å². The van der Waals surface area contributed by atoms with Gasteiger partial charge in [-0.1, -0.05) is 30.3 Å². The zero-order valence-corrected chi connectivity index (χ0v) is 15.9. The first-order valence-corrected chi connectivity index (χ1v) is 8.55. The molecule has 1 amide bonds. The molecule has 4 nitrogen and oxygen atoms in total. The zero-order valence-electron chi connectivity index (χ0n) is 15.9. The molecule has 0 aromatic heterocycles. The molecule has 1 fully saturated rings. The molecular weight excluding hydrogens is 302 g/mol. The highest BCUT2D eigenvalue weighted by Crippen LogP contribution is 2.33. The van der Waals surface area contributed by atoms with Crippen molar-refractivity contribution in [1.82, 2.24) is 4.90 Å². The minimum Gasteiger partial charge on any atom is -0.444 e. The zero-order chi connectivity index (χ0) is 18.4.